The second-order valence-electron chi connectivity index (χ2n) is 7.77. The van der Waals surface area contributed by atoms with Gasteiger partial charge in [-0.05, 0) is 47.5 Å². The Morgan fingerprint density at radius 1 is 0.714 bits per heavy atom. The molecule has 0 amide bonds. The Morgan fingerprint density at radius 3 is 1.63 bits per heavy atom. The quantitative estimate of drug-likeness (QED) is 0.286. The summed E-state index contributed by atoms with van der Waals surface area (Å²) >= 11 is 0. The molecule has 4 N–H and O–H groups in total. The van der Waals surface area contributed by atoms with Crippen molar-refractivity contribution in [3.63, 3.8) is 0 Å². The summed E-state index contributed by atoms with van der Waals surface area (Å²) in [4.78, 5) is 12.0. The maximum Gasteiger partial charge on any atom is 0.338 e. The zero-order valence-corrected chi connectivity index (χ0v) is 19.2. The highest BCUT2D eigenvalue weighted by molar-refractivity contribution is 5.90. The average molecular weight is 485 g/mol. The highest BCUT2D eigenvalue weighted by Gasteiger charge is 2.14. The fourth-order valence-corrected chi connectivity index (χ4v) is 3.13. The van der Waals surface area contributed by atoms with Crippen LogP contribution in [-0.4, -0.2) is 72.1 Å². The Kier molecular flexibility index (Phi) is 9.31. The fourth-order valence-electron chi connectivity index (χ4n) is 3.13. The van der Waals surface area contributed by atoms with Gasteiger partial charge in [0.25, 0.3) is 0 Å². The van der Waals surface area contributed by atoms with Crippen LogP contribution in [0.4, 0.5) is 0 Å². The van der Waals surface area contributed by atoms with Crippen LogP contribution in [0.1, 0.15) is 10.4 Å². The van der Waals surface area contributed by atoms with Crippen LogP contribution in [0.3, 0.4) is 0 Å². The number of aliphatic hydroxyl groups is 2. The topological polar surface area (TPSA) is 135 Å². The second kappa shape index (κ2) is 12.6. The smallest absolute Gasteiger partial charge is 0.338 e. The fraction of sp³-hybridized carbons (Fsp3) is 0.269. The third-order valence-electron chi connectivity index (χ3n) is 4.83. The Hall–Kier alpha value is -3.79. The molecule has 0 saturated carbocycles. The van der Waals surface area contributed by atoms with Gasteiger partial charge in [0.2, 0.25) is 0 Å². The lowest BCUT2D eigenvalue weighted by atomic mass is 10.1. The first kappa shape index (κ1) is 25.8. The molecule has 0 aliphatic heterocycles. The third-order valence-corrected chi connectivity index (χ3v) is 4.83. The number of phenolic OH excluding ortho intramolecular Hbond substituents is 2. The molecule has 2 atom stereocenters. The summed E-state index contributed by atoms with van der Waals surface area (Å²) < 4.78 is 20.9. The molecule has 0 aliphatic rings. The van der Waals surface area contributed by atoms with Crippen molar-refractivity contribution >= 4 is 5.97 Å². The van der Waals surface area contributed by atoms with E-state index in [1.54, 1.807) is 12.1 Å². The van der Waals surface area contributed by atoms with Crippen LogP contribution in [-0.2, 0) is 9.47 Å². The van der Waals surface area contributed by atoms with Gasteiger partial charge in [0.05, 0.1) is 12.2 Å². The van der Waals surface area contributed by atoms with Gasteiger partial charge in [-0.15, -0.1) is 0 Å². The predicted octanol–water partition coefficient (Wildman–Crippen LogP) is 2.75. The van der Waals surface area contributed by atoms with E-state index in [1.807, 2.05) is 36.4 Å². The van der Waals surface area contributed by atoms with Gasteiger partial charge in [-0.25, -0.2) is 4.79 Å². The predicted molar refractivity (Wildman–Crippen MR) is 127 cm³/mol. The monoisotopic (exact) mass is 484 g/mol. The summed E-state index contributed by atoms with van der Waals surface area (Å²) in [5, 5.41) is 38.6. The van der Waals surface area contributed by atoms with Gasteiger partial charge in [-0.2, -0.15) is 0 Å². The van der Waals surface area contributed by atoms with Gasteiger partial charge < -0.3 is 39.4 Å². The lowest BCUT2D eigenvalue weighted by Gasteiger charge is -2.14. The molecule has 186 valence electrons. The van der Waals surface area contributed by atoms with Crippen LogP contribution in [0.15, 0.2) is 66.7 Å². The van der Waals surface area contributed by atoms with E-state index < -0.39 is 18.2 Å². The van der Waals surface area contributed by atoms with Gasteiger partial charge in [-0.1, -0.05) is 24.3 Å². The Balaban J connectivity index is 1.44. The number of esters is 1. The molecule has 9 nitrogen and oxygen atoms in total. The van der Waals surface area contributed by atoms with Crippen molar-refractivity contribution in [2.24, 2.45) is 0 Å². The van der Waals surface area contributed by atoms with E-state index in [1.165, 1.54) is 7.11 Å². The lowest BCUT2D eigenvalue weighted by molar-refractivity contribution is 0.0130. The number of aromatic hydroxyl groups is 2. The van der Waals surface area contributed by atoms with Gasteiger partial charge in [0, 0.05) is 13.2 Å². The largest absolute Gasteiger partial charge is 0.508 e. The minimum Gasteiger partial charge on any atom is -0.508 e. The molecule has 9 heteroatoms. The number of methoxy groups -OCH3 is 1. The molecule has 0 aliphatic carbocycles. The summed E-state index contributed by atoms with van der Waals surface area (Å²) in [7, 11) is 1.52. The number of ether oxygens (including phenoxy) is 4. The van der Waals surface area contributed by atoms with Crippen LogP contribution in [0.5, 0.6) is 23.0 Å². The van der Waals surface area contributed by atoms with Crippen LogP contribution in [0, 0.1) is 0 Å². The normalized spacial score (nSPS) is 12.5. The minimum atomic E-state index is -1.07. The van der Waals surface area contributed by atoms with E-state index in [-0.39, 0.29) is 43.5 Å². The summed E-state index contributed by atoms with van der Waals surface area (Å²) in [5.74, 6) is -0.164. The molecule has 0 heterocycles. The molecule has 0 radical (unpaired) electrons. The molecular formula is C26H28O9. The van der Waals surface area contributed by atoms with Crippen LogP contribution in [0.2, 0.25) is 0 Å². The van der Waals surface area contributed by atoms with Crippen molar-refractivity contribution in [3.8, 4) is 34.1 Å². The summed E-state index contributed by atoms with van der Waals surface area (Å²) in [5.41, 5.74) is 1.88. The van der Waals surface area contributed by atoms with E-state index in [4.69, 9.17) is 18.9 Å². The molecule has 0 fully saturated rings. The van der Waals surface area contributed by atoms with E-state index in [0.29, 0.717) is 11.5 Å². The molecule has 3 aromatic carbocycles. The zero-order valence-electron chi connectivity index (χ0n) is 19.2. The molecule has 0 bridgehead atoms. The number of benzene rings is 3. The van der Waals surface area contributed by atoms with Crippen LogP contribution in [0.25, 0.3) is 11.1 Å². The maximum absolute atomic E-state index is 12.0. The van der Waals surface area contributed by atoms with Crippen molar-refractivity contribution in [1.29, 1.82) is 0 Å². The third kappa shape index (κ3) is 8.18. The van der Waals surface area contributed by atoms with Crippen molar-refractivity contribution in [1.82, 2.24) is 0 Å². The maximum atomic E-state index is 12.0. The van der Waals surface area contributed by atoms with E-state index in [0.717, 1.165) is 29.3 Å². The zero-order chi connectivity index (χ0) is 25.2. The molecule has 0 spiro atoms. The number of carbonyl (C=O) groups excluding carboxylic acids is 1. The molecule has 3 aromatic rings. The molecule has 35 heavy (non-hydrogen) atoms. The van der Waals surface area contributed by atoms with E-state index in [2.05, 4.69) is 0 Å². The first-order valence-electron chi connectivity index (χ1n) is 10.9. The number of phenols is 2. The summed E-state index contributed by atoms with van der Waals surface area (Å²) in [6, 6.07) is 18.1. The van der Waals surface area contributed by atoms with E-state index in [9.17, 15) is 25.2 Å². The highest BCUT2D eigenvalue weighted by Crippen LogP contribution is 2.25. The molecular weight excluding hydrogens is 456 g/mol. The van der Waals surface area contributed by atoms with Gasteiger partial charge >= 0.3 is 5.97 Å². The number of hydrogen-bond acceptors (Lipinski definition) is 9. The number of rotatable bonds is 12. The van der Waals surface area contributed by atoms with Crippen molar-refractivity contribution < 1.29 is 44.2 Å². The van der Waals surface area contributed by atoms with Gasteiger partial charge in [0.1, 0.15) is 55.0 Å². The highest BCUT2D eigenvalue weighted by atomic mass is 16.5. The average Bonchev–Trinajstić information content (AvgIpc) is 2.85. The van der Waals surface area contributed by atoms with Crippen LogP contribution >= 0.6 is 0 Å². The molecule has 0 saturated heterocycles. The van der Waals surface area contributed by atoms with Gasteiger partial charge in [-0.3, -0.25) is 0 Å². The Labute approximate surface area is 202 Å². The van der Waals surface area contributed by atoms with E-state index >= 15 is 0 Å². The van der Waals surface area contributed by atoms with Crippen LogP contribution < -0.4 is 9.47 Å². The summed E-state index contributed by atoms with van der Waals surface area (Å²) in [6.45, 7) is -0.0635. The minimum absolute atomic E-state index is 0.0329. The second-order valence-corrected chi connectivity index (χ2v) is 7.77. The number of hydrogen-bond donors (Lipinski definition) is 4. The summed E-state index contributed by atoms with van der Waals surface area (Å²) in [6.07, 6.45) is -1.76. The standard InChI is InChI=1S/C26H28O9/c1-32-13-22(29)14-33-24-6-2-17(3-7-24)18-4-8-25(9-5-18)34-15-23(30)16-35-26(31)19-10-20(27)12-21(28)11-19/h2-12,22-23,27-30H,13-16H2,1H3. The number of carbonyl (C=O) groups is 1. The van der Waals surface area contributed by atoms with Gasteiger partial charge in [0.15, 0.2) is 0 Å². The SMILES string of the molecule is COCC(O)COc1ccc(-c2ccc(OCC(O)COC(=O)c3cc(O)cc(O)c3)cc2)cc1. The first-order valence-corrected chi connectivity index (χ1v) is 10.9. The van der Waals surface area contributed by atoms with Crippen molar-refractivity contribution in [3.05, 3.63) is 72.3 Å². The lowest BCUT2D eigenvalue weighted by Crippen LogP contribution is -2.25. The van der Waals surface area contributed by atoms with Crippen molar-refractivity contribution in [2.45, 2.75) is 12.2 Å². The molecule has 3 rings (SSSR count). The number of aliphatic hydroxyl groups excluding tert-OH is 2. The Morgan fingerprint density at radius 2 is 1.17 bits per heavy atom. The molecule has 2 unspecified atom stereocenters. The Bertz CT molecular complexity index is 1060. The molecule has 0 aromatic heterocycles. The first-order chi connectivity index (χ1) is 16.8. The van der Waals surface area contributed by atoms with Crippen molar-refractivity contribution in [2.75, 3.05) is 33.5 Å².